The number of nitrogens with zero attached hydrogens (tertiary/aromatic N) is 2. The van der Waals surface area contributed by atoms with Gasteiger partial charge in [-0.2, -0.15) is 0 Å². The van der Waals surface area contributed by atoms with Crippen LogP contribution in [0.2, 0.25) is 0 Å². The van der Waals surface area contributed by atoms with Gasteiger partial charge in [0.05, 0.1) is 28.1 Å². The summed E-state index contributed by atoms with van der Waals surface area (Å²) in [6.07, 6.45) is 0. The van der Waals surface area contributed by atoms with Gasteiger partial charge in [-0.05, 0) is 80.2 Å². The minimum atomic E-state index is 1.10. The molecule has 60 heavy (non-hydrogen) atoms. The molecule has 12 aromatic rings. The molecule has 0 bridgehead atoms. The summed E-state index contributed by atoms with van der Waals surface area (Å²) in [4.78, 5) is 2.52. The highest BCUT2D eigenvalue weighted by atomic mass is 15.1. The summed E-state index contributed by atoms with van der Waals surface area (Å²) < 4.78 is 2.46. The van der Waals surface area contributed by atoms with Crippen LogP contribution in [-0.4, -0.2) is 4.57 Å². The number of fused-ring (bicyclic) bond motifs is 3. The van der Waals surface area contributed by atoms with Crippen LogP contribution in [0.5, 0.6) is 0 Å². The molecule has 0 spiro atoms. The van der Waals surface area contributed by atoms with Crippen LogP contribution in [0.15, 0.2) is 231 Å². The maximum absolute atomic E-state index is 2.52. The molecule has 0 fully saturated rings. The highest BCUT2D eigenvalue weighted by Crippen LogP contribution is 2.51. The van der Waals surface area contributed by atoms with Crippen molar-refractivity contribution in [2.45, 2.75) is 0 Å². The van der Waals surface area contributed by atoms with E-state index < -0.39 is 0 Å². The van der Waals surface area contributed by atoms with Gasteiger partial charge in [0.15, 0.2) is 0 Å². The van der Waals surface area contributed by atoms with Gasteiger partial charge in [0.1, 0.15) is 0 Å². The van der Waals surface area contributed by atoms with Crippen LogP contribution >= 0.6 is 0 Å². The quantitative estimate of drug-likeness (QED) is 0.147. The summed E-state index contributed by atoms with van der Waals surface area (Å²) in [5, 5.41) is 9.98. The normalized spacial score (nSPS) is 11.7. The van der Waals surface area contributed by atoms with Crippen LogP contribution < -0.4 is 4.90 Å². The largest absolute Gasteiger partial charge is 0.309 e. The fourth-order valence-electron chi connectivity index (χ4n) is 9.67. The Morgan fingerprint density at radius 1 is 0.317 bits per heavy atom. The second kappa shape index (κ2) is 13.9. The summed E-state index contributed by atoms with van der Waals surface area (Å²) in [6, 6.07) is 84.4. The first-order valence-electron chi connectivity index (χ1n) is 20.7. The second-order valence-corrected chi connectivity index (χ2v) is 15.6. The van der Waals surface area contributed by atoms with E-state index in [0.717, 1.165) is 17.1 Å². The van der Waals surface area contributed by atoms with Crippen LogP contribution in [0.1, 0.15) is 0 Å². The zero-order chi connectivity index (χ0) is 39.6. The third-order valence-electron chi connectivity index (χ3n) is 12.3. The zero-order valence-corrected chi connectivity index (χ0v) is 32.8. The second-order valence-electron chi connectivity index (χ2n) is 15.6. The van der Waals surface area contributed by atoms with Crippen molar-refractivity contribution >= 4 is 71.2 Å². The molecule has 0 atom stereocenters. The highest BCUT2D eigenvalue weighted by Gasteiger charge is 2.25. The summed E-state index contributed by atoms with van der Waals surface area (Å²) >= 11 is 0. The Kier molecular flexibility index (Phi) is 7.89. The van der Waals surface area contributed by atoms with E-state index in [1.54, 1.807) is 0 Å². The van der Waals surface area contributed by atoms with Gasteiger partial charge in [0.2, 0.25) is 0 Å². The standard InChI is InChI=1S/C58H38N2/c1-4-16-39(17-5-1)44-22-14-23-45(38-44)59(58-46(40-18-6-2-7-19-40)26-15-27-47(58)41-20-8-3-9-21-41)54-36-32-42-31-35-51-55(37-33-43-30-34-50(54)56(42)57(43)51)60-52-28-12-10-24-48(52)49-25-11-13-29-53(49)60/h1-38H. The number of anilines is 3. The average molecular weight is 763 g/mol. The molecule has 0 radical (unpaired) electrons. The van der Waals surface area contributed by atoms with Crippen LogP contribution in [-0.2, 0) is 0 Å². The summed E-state index contributed by atoms with van der Waals surface area (Å²) in [7, 11) is 0. The molecule has 11 aromatic carbocycles. The topological polar surface area (TPSA) is 8.17 Å². The lowest BCUT2D eigenvalue weighted by atomic mass is 9.90. The zero-order valence-electron chi connectivity index (χ0n) is 32.8. The molecule has 0 aliphatic rings. The molecule has 12 rings (SSSR count). The van der Waals surface area contributed by atoms with Crippen molar-refractivity contribution in [1.29, 1.82) is 0 Å². The predicted molar refractivity (Wildman–Crippen MR) is 255 cm³/mol. The molecular weight excluding hydrogens is 725 g/mol. The van der Waals surface area contributed by atoms with Crippen LogP contribution in [0.3, 0.4) is 0 Å². The molecule has 2 heteroatoms. The molecule has 0 unspecified atom stereocenters. The number of para-hydroxylation sites is 3. The lowest BCUT2D eigenvalue weighted by Crippen LogP contribution is -2.13. The SMILES string of the molecule is c1ccc(-c2cccc(N(c3c(-c4ccccc4)cccc3-c3ccccc3)c3ccc4ccc5c(-n6c7ccccc7c7ccccc76)ccc6ccc3c4c65)c2)cc1. The molecule has 0 saturated heterocycles. The monoisotopic (exact) mass is 762 g/mol. The third kappa shape index (κ3) is 5.35. The van der Waals surface area contributed by atoms with Crippen LogP contribution in [0.25, 0.3) is 93.2 Å². The van der Waals surface area contributed by atoms with Gasteiger partial charge in [-0.1, -0.05) is 194 Å². The van der Waals surface area contributed by atoms with E-state index in [4.69, 9.17) is 0 Å². The molecule has 0 aliphatic carbocycles. The number of hydrogen-bond donors (Lipinski definition) is 0. The lowest BCUT2D eigenvalue weighted by Gasteiger charge is -2.32. The van der Waals surface area contributed by atoms with E-state index in [-0.39, 0.29) is 0 Å². The maximum Gasteiger partial charge on any atom is 0.0618 e. The molecule has 0 N–H and O–H groups in total. The molecule has 1 heterocycles. The summed E-state index contributed by atoms with van der Waals surface area (Å²) in [5.74, 6) is 0. The maximum atomic E-state index is 2.52. The van der Waals surface area contributed by atoms with Crippen LogP contribution in [0, 0.1) is 0 Å². The Morgan fingerprint density at radius 2 is 0.800 bits per heavy atom. The van der Waals surface area contributed by atoms with Gasteiger partial charge < -0.3 is 9.47 Å². The Hall–Kier alpha value is -7.94. The molecule has 0 saturated carbocycles. The van der Waals surface area contributed by atoms with Gasteiger partial charge in [0.25, 0.3) is 0 Å². The number of hydrogen-bond acceptors (Lipinski definition) is 1. The molecular formula is C58H38N2. The van der Waals surface area contributed by atoms with Crippen molar-refractivity contribution in [3.05, 3.63) is 231 Å². The minimum Gasteiger partial charge on any atom is -0.309 e. The molecule has 0 amide bonds. The van der Waals surface area contributed by atoms with Crippen molar-refractivity contribution in [1.82, 2.24) is 4.57 Å². The molecule has 280 valence electrons. The minimum absolute atomic E-state index is 1.10. The van der Waals surface area contributed by atoms with Gasteiger partial charge >= 0.3 is 0 Å². The smallest absolute Gasteiger partial charge is 0.0618 e. The van der Waals surface area contributed by atoms with Crippen molar-refractivity contribution < 1.29 is 0 Å². The predicted octanol–water partition coefficient (Wildman–Crippen LogP) is 16.2. The Morgan fingerprint density at radius 3 is 1.43 bits per heavy atom. The first kappa shape index (κ1) is 34.1. The van der Waals surface area contributed by atoms with Gasteiger partial charge in [0, 0.05) is 38.4 Å². The van der Waals surface area contributed by atoms with E-state index in [1.165, 1.54) is 93.2 Å². The Bertz CT molecular complexity index is 3420. The number of benzene rings is 11. The Labute approximate surface area is 348 Å². The lowest BCUT2D eigenvalue weighted by molar-refractivity contribution is 1.20. The Balaban J connectivity index is 1.18. The first-order chi connectivity index (χ1) is 29.8. The van der Waals surface area contributed by atoms with Crippen molar-refractivity contribution in [2.24, 2.45) is 0 Å². The highest BCUT2D eigenvalue weighted by molar-refractivity contribution is 6.28. The van der Waals surface area contributed by atoms with E-state index in [0.29, 0.717) is 0 Å². The van der Waals surface area contributed by atoms with Crippen molar-refractivity contribution in [3.63, 3.8) is 0 Å². The molecule has 0 aliphatic heterocycles. The number of aromatic nitrogens is 1. The fourth-order valence-corrected chi connectivity index (χ4v) is 9.67. The average Bonchev–Trinajstić information content (AvgIpc) is 3.66. The van der Waals surface area contributed by atoms with E-state index in [9.17, 15) is 0 Å². The molecule has 1 aromatic heterocycles. The van der Waals surface area contributed by atoms with E-state index >= 15 is 0 Å². The van der Waals surface area contributed by atoms with Gasteiger partial charge in [-0.25, -0.2) is 0 Å². The van der Waals surface area contributed by atoms with E-state index in [1.807, 2.05) is 0 Å². The van der Waals surface area contributed by atoms with E-state index in [2.05, 4.69) is 240 Å². The van der Waals surface area contributed by atoms with Gasteiger partial charge in [-0.15, -0.1) is 0 Å². The van der Waals surface area contributed by atoms with Crippen molar-refractivity contribution in [2.75, 3.05) is 4.90 Å². The van der Waals surface area contributed by atoms with Crippen molar-refractivity contribution in [3.8, 4) is 39.1 Å². The van der Waals surface area contributed by atoms with Gasteiger partial charge in [-0.3, -0.25) is 0 Å². The number of rotatable bonds is 7. The summed E-state index contributed by atoms with van der Waals surface area (Å²) in [6.45, 7) is 0. The first-order valence-corrected chi connectivity index (χ1v) is 20.7. The molecule has 2 nitrogen and oxygen atoms in total. The van der Waals surface area contributed by atoms with Crippen LogP contribution in [0.4, 0.5) is 17.1 Å². The summed E-state index contributed by atoms with van der Waals surface area (Å²) in [5.41, 5.74) is 14.0. The fraction of sp³-hybridized carbons (Fsp3) is 0. The third-order valence-corrected chi connectivity index (χ3v) is 12.3.